The van der Waals surface area contributed by atoms with Gasteiger partial charge in [-0.3, -0.25) is 9.59 Å². The molecule has 0 radical (unpaired) electrons. The summed E-state index contributed by atoms with van der Waals surface area (Å²) < 4.78 is 5.64. The summed E-state index contributed by atoms with van der Waals surface area (Å²) in [6, 6.07) is 6.24. The van der Waals surface area contributed by atoms with E-state index in [1.54, 1.807) is 0 Å². The first-order valence-corrected chi connectivity index (χ1v) is 10.5. The minimum atomic E-state index is -0.0215. The van der Waals surface area contributed by atoms with Crippen molar-refractivity contribution in [3.8, 4) is 0 Å². The number of carbonyl (C=O) groups excluding carboxylic acids is 1. The van der Waals surface area contributed by atoms with Gasteiger partial charge in [-0.15, -0.1) is 0 Å². The van der Waals surface area contributed by atoms with Crippen molar-refractivity contribution in [2.75, 3.05) is 19.7 Å². The summed E-state index contributed by atoms with van der Waals surface area (Å²) >= 11 is 0. The van der Waals surface area contributed by atoms with Gasteiger partial charge in [-0.2, -0.15) is 0 Å². The van der Waals surface area contributed by atoms with E-state index in [0.29, 0.717) is 13.0 Å². The van der Waals surface area contributed by atoms with Gasteiger partial charge in [-0.05, 0) is 63.0 Å². The molecule has 2 aromatic rings. The number of aromatic amines is 1. The summed E-state index contributed by atoms with van der Waals surface area (Å²) in [7, 11) is 0. The average molecular weight is 383 g/mol. The van der Waals surface area contributed by atoms with Gasteiger partial charge in [0.05, 0.1) is 6.10 Å². The number of H-pyrrole nitrogens is 1. The summed E-state index contributed by atoms with van der Waals surface area (Å²) in [5.74, 6) is 0.411. The molecular weight excluding hydrogens is 352 g/mol. The fraction of sp³-hybridized carbons (Fsp3) is 0.565. The Morgan fingerprint density at radius 3 is 2.86 bits per heavy atom. The van der Waals surface area contributed by atoms with E-state index in [0.717, 1.165) is 72.8 Å². The lowest BCUT2D eigenvalue weighted by molar-refractivity contribution is -0.133. The van der Waals surface area contributed by atoms with Gasteiger partial charge in [0.2, 0.25) is 5.91 Å². The van der Waals surface area contributed by atoms with Gasteiger partial charge >= 0.3 is 0 Å². The van der Waals surface area contributed by atoms with Crippen LogP contribution in [0.2, 0.25) is 0 Å². The molecule has 28 heavy (non-hydrogen) atoms. The molecule has 0 unspecified atom stereocenters. The van der Waals surface area contributed by atoms with E-state index < -0.39 is 0 Å². The normalized spacial score (nSPS) is 22.7. The highest BCUT2D eigenvalue weighted by molar-refractivity contribution is 5.85. The number of piperidine rings is 1. The van der Waals surface area contributed by atoms with Gasteiger partial charge in [0, 0.05) is 43.1 Å². The molecule has 150 valence electrons. The van der Waals surface area contributed by atoms with Crippen LogP contribution in [-0.4, -0.2) is 41.6 Å². The Morgan fingerprint density at radius 1 is 1.21 bits per heavy atom. The topological polar surface area (TPSA) is 62.4 Å². The van der Waals surface area contributed by atoms with E-state index in [-0.39, 0.29) is 23.5 Å². The molecule has 2 aliphatic rings. The first kappa shape index (κ1) is 19.2. The van der Waals surface area contributed by atoms with Crippen LogP contribution in [-0.2, 0) is 9.53 Å². The zero-order valence-corrected chi connectivity index (χ0v) is 16.9. The van der Waals surface area contributed by atoms with Crippen molar-refractivity contribution in [3.05, 3.63) is 45.4 Å². The maximum absolute atomic E-state index is 12.7. The van der Waals surface area contributed by atoms with Crippen LogP contribution in [0.25, 0.3) is 10.8 Å². The number of amides is 1. The minimum Gasteiger partial charge on any atom is -0.378 e. The monoisotopic (exact) mass is 382 g/mol. The van der Waals surface area contributed by atoms with Crippen molar-refractivity contribution in [1.82, 2.24) is 9.88 Å². The van der Waals surface area contributed by atoms with Crippen LogP contribution in [0.15, 0.2) is 23.0 Å². The fourth-order valence-corrected chi connectivity index (χ4v) is 4.81. The highest BCUT2D eigenvalue weighted by atomic mass is 16.5. The third kappa shape index (κ3) is 4.00. The molecule has 2 aliphatic heterocycles. The molecule has 1 amide bonds. The number of nitrogens with zero attached hydrogens (tertiary/aromatic N) is 1. The predicted molar refractivity (Wildman–Crippen MR) is 111 cm³/mol. The number of fused-ring (bicyclic) bond motifs is 1. The van der Waals surface area contributed by atoms with Gasteiger partial charge in [0.15, 0.2) is 0 Å². The molecule has 4 rings (SSSR count). The lowest BCUT2D eigenvalue weighted by Crippen LogP contribution is -2.39. The molecular formula is C23H30N2O3. The molecule has 3 heterocycles. The molecule has 0 aliphatic carbocycles. The summed E-state index contributed by atoms with van der Waals surface area (Å²) in [5, 5.41) is 1.77. The number of aromatic nitrogens is 1. The van der Waals surface area contributed by atoms with Crippen LogP contribution < -0.4 is 5.56 Å². The molecule has 2 fully saturated rings. The molecule has 1 aromatic carbocycles. The van der Waals surface area contributed by atoms with E-state index in [4.69, 9.17) is 4.74 Å². The summed E-state index contributed by atoms with van der Waals surface area (Å²) in [5.41, 5.74) is 3.11. The summed E-state index contributed by atoms with van der Waals surface area (Å²) in [4.78, 5) is 30.5. The van der Waals surface area contributed by atoms with Gasteiger partial charge in [0.25, 0.3) is 5.56 Å². The maximum atomic E-state index is 12.7. The van der Waals surface area contributed by atoms with Crippen molar-refractivity contribution in [2.24, 2.45) is 0 Å². The number of carbonyl (C=O) groups is 1. The van der Waals surface area contributed by atoms with Crippen LogP contribution in [0.4, 0.5) is 0 Å². The van der Waals surface area contributed by atoms with Gasteiger partial charge < -0.3 is 14.6 Å². The van der Waals surface area contributed by atoms with Gasteiger partial charge in [0.1, 0.15) is 0 Å². The number of hydrogen-bond donors (Lipinski definition) is 1. The minimum absolute atomic E-state index is 0.0215. The van der Waals surface area contributed by atoms with Crippen molar-refractivity contribution in [1.29, 1.82) is 0 Å². The number of pyridine rings is 1. The molecule has 0 bridgehead atoms. The molecule has 5 nitrogen and oxygen atoms in total. The van der Waals surface area contributed by atoms with Gasteiger partial charge in [-0.1, -0.05) is 17.7 Å². The van der Waals surface area contributed by atoms with E-state index in [2.05, 4.69) is 24.0 Å². The molecule has 0 spiro atoms. The summed E-state index contributed by atoms with van der Waals surface area (Å²) in [6.07, 6.45) is 5.81. The molecule has 2 saturated heterocycles. The van der Waals surface area contributed by atoms with Crippen molar-refractivity contribution >= 4 is 16.7 Å². The van der Waals surface area contributed by atoms with E-state index >= 15 is 0 Å². The second kappa shape index (κ2) is 8.08. The Labute approximate surface area is 166 Å². The quantitative estimate of drug-likeness (QED) is 0.875. The number of likely N-dealkylation sites (tertiary alicyclic amines) is 1. The van der Waals surface area contributed by atoms with Crippen LogP contribution in [0.5, 0.6) is 0 Å². The second-order valence-electron chi connectivity index (χ2n) is 8.45. The molecule has 0 saturated carbocycles. The molecule has 2 atom stereocenters. The fourth-order valence-electron chi connectivity index (χ4n) is 4.81. The largest absolute Gasteiger partial charge is 0.378 e. The summed E-state index contributed by atoms with van der Waals surface area (Å²) in [6.45, 7) is 6.38. The Balaban J connectivity index is 1.49. The van der Waals surface area contributed by atoms with Crippen molar-refractivity contribution < 1.29 is 9.53 Å². The molecule has 1 N–H and O–H groups in total. The zero-order valence-electron chi connectivity index (χ0n) is 16.9. The van der Waals surface area contributed by atoms with E-state index in [9.17, 15) is 9.59 Å². The number of nitrogens with one attached hydrogen (secondary N) is 1. The second-order valence-corrected chi connectivity index (χ2v) is 8.45. The molecule has 5 heteroatoms. The SMILES string of the molecule is Cc1cc(C)c2c(=O)[nH]c([C@H]3CCCN(C(=O)CC[C@@H]4CCCO4)C3)cc2c1. The Kier molecular flexibility index (Phi) is 5.54. The number of benzene rings is 1. The first-order chi connectivity index (χ1) is 13.5. The maximum Gasteiger partial charge on any atom is 0.256 e. The average Bonchev–Trinajstić information content (AvgIpc) is 3.19. The Hall–Kier alpha value is -2.14. The first-order valence-electron chi connectivity index (χ1n) is 10.5. The van der Waals surface area contributed by atoms with Crippen LogP contribution >= 0.6 is 0 Å². The number of rotatable bonds is 4. The lowest BCUT2D eigenvalue weighted by Gasteiger charge is -2.33. The van der Waals surface area contributed by atoms with E-state index in [1.807, 2.05) is 17.9 Å². The van der Waals surface area contributed by atoms with Crippen LogP contribution in [0, 0.1) is 13.8 Å². The van der Waals surface area contributed by atoms with Crippen molar-refractivity contribution in [3.63, 3.8) is 0 Å². The van der Waals surface area contributed by atoms with Gasteiger partial charge in [-0.25, -0.2) is 0 Å². The predicted octanol–water partition coefficient (Wildman–Crippen LogP) is 3.81. The van der Waals surface area contributed by atoms with E-state index in [1.165, 1.54) is 0 Å². The van der Waals surface area contributed by atoms with Crippen molar-refractivity contribution in [2.45, 2.75) is 64.4 Å². The third-order valence-electron chi connectivity index (χ3n) is 6.22. The zero-order chi connectivity index (χ0) is 19.7. The number of hydrogen-bond acceptors (Lipinski definition) is 3. The lowest BCUT2D eigenvalue weighted by atomic mass is 9.92. The molecule has 1 aromatic heterocycles. The third-order valence-corrected chi connectivity index (χ3v) is 6.22. The highest BCUT2D eigenvalue weighted by Crippen LogP contribution is 2.28. The smallest absolute Gasteiger partial charge is 0.256 e. The Bertz CT molecular complexity index is 927. The Morgan fingerprint density at radius 2 is 2.07 bits per heavy atom. The van der Waals surface area contributed by atoms with Crippen LogP contribution in [0.1, 0.15) is 61.3 Å². The van der Waals surface area contributed by atoms with Crippen LogP contribution in [0.3, 0.4) is 0 Å². The highest BCUT2D eigenvalue weighted by Gasteiger charge is 2.26. The number of aryl methyl sites for hydroxylation is 2. The number of ether oxygens (including phenoxy) is 1. The standard InChI is InChI=1S/C23H30N2O3/c1-15-11-16(2)22-18(12-15)13-20(24-23(22)27)17-5-3-9-25(14-17)21(26)8-7-19-6-4-10-28-19/h11-13,17,19H,3-10,14H2,1-2H3,(H,24,27)/t17-,19-/m0/s1.